The van der Waals surface area contributed by atoms with Gasteiger partial charge in [-0.1, -0.05) is 0 Å². The van der Waals surface area contributed by atoms with Crippen LogP contribution in [0, 0.1) is 0 Å². The molecule has 0 atom stereocenters. The molecular formula is C11H15N3O3. The smallest absolute Gasteiger partial charge is 0.256 e. The third-order valence-corrected chi connectivity index (χ3v) is 2.23. The third-order valence-electron chi connectivity index (χ3n) is 2.23. The van der Waals surface area contributed by atoms with Crippen molar-refractivity contribution in [2.45, 2.75) is 0 Å². The number of nitrogens with two attached hydrogens (primary N) is 2. The topological polar surface area (TPSA) is 98.6 Å². The monoisotopic (exact) mass is 237 g/mol. The number of nitrogens with zero attached hydrogens (tertiary/aromatic N) is 1. The fourth-order valence-corrected chi connectivity index (χ4v) is 1.37. The first-order chi connectivity index (χ1) is 7.95. The van der Waals surface area contributed by atoms with Crippen LogP contribution in [0.3, 0.4) is 0 Å². The Morgan fingerprint density at radius 3 is 2.53 bits per heavy atom. The van der Waals surface area contributed by atoms with Crippen molar-refractivity contribution in [3.05, 3.63) is 23.8 Å². The lowest BCUT2D eigenvalue weighted by atomic mass is 10.1. The van der Waals surface area contributed by atoms with Crippen molar-refractivity contribution in [1.29, 1.82) is 0 Å². The summed E-state index contributed by atoms with van der Waals surface area (Å²) >= 11 is 0. The second-order valence-corrected chi connectivity index (χ2v) is 3.58. The summed E-state index contributed by atoms with van der Waals surface area (Å²) in [6.45, 7) is -0.149. The summed E-state index contributed by atoms with van der Waals surface area (Å²) in [6, 6.07) is 4.72. The van der Waals surface area contributed by atoms with Gasteiger partial charge in [-0.2, -0.15) is 0 Å². The number of primary amides is 1. The van der Waals surface area contributed by atoms with Crippen LogP contribution in [-0.4, -0.2) is 37.4 Å². The quantitative estimate of drug-likeness (QED) is 0.710. The number of benzene rings is 1. The Morgan fingerprint density at radius 1 is 1.41 bits per heavy atom. The van der Waals surface area contributed by atoms with Crippen LogP contribution >= 0.6 is 0 Å². The second-order valence-electron chi connectivity index (χ2n) is 3.58. The molecule has 0 aliphatic heterocycles. The van der Waals surface area contributed by atoms with Crippen molar-refractivity contribution in [2.75, 3.05) is 26.4 Å². The molecule has 2 amide bonds. The standard InChI is InChI=1S/C11H15N3O3/c1-14(6-10(13)15)11(16)8-4-3-7(17-2)5-9(8)12/h3-5H,6,12H2,1-2H3,(H2,13,15). The number of nitrogen functional groups attached to an aromatic ring is 1. The third kappa shape index (κ3) is 3.10. The summed E-state index contributed by atoms with van der Waals surface area (Å²) in [7, 11) is 2.99. The van der Waals surface area contributed by atoms with Crippen LogP contribution in [-0.2, 0) is 4.79 Å². The molecule has 1 rings (SSSR count). The van der Waals surface area contributed by atoms with Crippen LogP contribution in [0.4, 0.5) is 5.69 Å². The molecule has 6 nitrogen and oxygen atoms in total. The lowest BCUT2D eigenvalue weighted by Crippen LogP contribution is -2.35. The van der Waals surface area contributed by atoms with Gasteiger partial charge in [0.25, 0.3) is 5.91 Å². The first-order valence-corrected chi connectivity index (χ1v) is 4.93. The van der Waals surface area contributed by atoms with Crippen molar-refractivity contribution < 1.29 is 14.3 Å². The number of methoxy groups -OCH3 is 1. The van der Waals surface area contributed by atoms with Gasteiger partial charge >= 0.3 is 0 Å². The minimum Gasteiger partial charge on any atom is -0.497 e. The van der Waals surface area contributed by atoms with E-state index >= 15 is 0 Å². The van der Waals surface area contributed by atoms with Gasteiger partial charge in [-0.05, 0) is 12.1 Å². The zero-order valence-corrected chi connectivity index (χ0v) is 9.77. The van der Waals surface area contributed by atoms with Crippen molar-refractivity contribution >= 4 is 17.5 Å². The van der Waals surface area contributed by atoms with Crippen molar-refractivity contribution in [3.63, 3.8) is 0 Å². The van der Waals surface area contributed by atoms with Gasteiger partial charge in [-0.25, -0.2) is 0 Å². The Morgan fingerprint density at radius 2 is 2.06 bits per heavy atom. The summed E-state index contributed by atoms with van der Waals surface area (Å²) in [5.74, 6) is -0.367. The summed E-state index contributed by atoms with van der Waals surface area (Å²) in [5.41, 5.74) is 11.3. The summed E-state index contributed by atoms with van der Waals surface area (Å²) < 4.78 is 4.98. The van der Waals surface area contributed by atoms with Gasteiger partial charge in [-0.3, -0.25) is 9.59 Å². The predicted molar refractivity (Wildman–Crippen MR) is 63.6 cm³/mol. The lowest BCUT2D eigenvalue weighted by Gasteiger charge is -2.16. The van der Waals surface area contributed by atoms with E-state index in [-0.39, 0.29) is 12.5 Å². The van der Waals surface area contributed by atoms with Gasteiger partial charge in [0.15, 0.2) is 0 Å². The minimum absolute atomic E-state index is 0.149. The van der Waals surface area contributed by atoms with E-state index in [2.05, 4.69) is 0 Å². The lowest BCUT2D eigenvalue weighted by molar-refractivity contribution is -0.118. The summed E-state index contributed by atoms with van der Waals surface area (Å²) in [6.07, 6.45) is 0. The normalized spacial score (nSPS) is 9.76. The summed E-state index contributed by atoms with van der Waals surface area (Å²) in [4.78, 5) is 23.8. The molecule has 92 valence electrons. The largest absolute Gasteiger partial charge is 0.497 e. The number of hydrogen-bond acceptors (Lipinski definition) is 4. The highest BCUT2D eigenvalue weighted by Gasteiger charge is 2.16. The maximum absolute atomic E-state index is 11.9. The number of carbonyl (C=O) groups excluding carboxylic acids is 2. The van der Waals surface area contributed by atoms with Crippen LogP contribution < -0.4 is 16.2 Å². The van der Waals surface area contributed by atoms with Gasteiger partial charge < -0.3 is 21.1 Å². The maximum Gasteiger partial charge on any atom is 0.256 e. The van der Waals surface area contributed by atoms with Crippen LogP contribution in [0.5, 0.6) is 5.75 Å². The molecular weight excluding hydrogens is 222 g/mol. The number of likely N-dealkylation sites (N-methyl/N-ethyl adjacent to an activating group) is 1. The number of carbonyl (C=O) groups is 2. The van der Waals surface area contributed by atoms with Crippen LogP contribution in [0.25, 0.3) is 0 Å². The van der Waals surface area contributed by atoms with E-state index in [0.717, 1.165) is 0 Å². The second kappa shape index (κ2) is 5.20. The molecule has 0 spiro atoms. The first kappa shape index (κ1) is 12.8. The van der Waals surface area contributed by atoms with Crippen LogP contribution in [0.1, 0.15) is 10.4 Å². The van der Waals surface area contributed by atoms with E-state index in [4.69, 9.17) is 16.2 Å². The SMILES string of the molecule is COc1ccc(C(=O)N(C)CC(N)=O)c(N)c1. The van der Waals surface area contributed by atoms with E-state index in [1.54, 1.807) is 18.2 Å². The van der Waals surface area contributed by atoms with E-state index in [1.807, 2.05) is 0 Å². The fraction of sp³-hybridized carbons (Fsp3) is 0.273. The molecule has 0 heterocycles. The number of anilines is 1. The molecule has 0 aromatic heterocycles. The van der Waals surface area contributed by atoms with Crippen molar-refractivity contribution in [3.8, 4) is 5.75 Å². The van der Waals surface area contributed by atoms with Gasteiger partial charge in [0.05, 0.1) is 19.2 Å². The fourth-order valence-electron chi connectivity index (χ4n) is 1.37. The molecule has 1 aromatic rings. The van der Waals surface area contributed by atoms with E-state index < -0.39 is 5.91 Å². The Balaban J connectivity index is 2.92. The molecule has 0 aliphatic rings. The average Bonchev–Trinajstić information content (AvgIpc) is 2.27. The Labute approximate surface area is 99.1 Å². The Hall–Kier alpha value is -2.24. The molecule has 1 aromatic carbocycles. The molecule has 0 radical (unpaired) electrons. The van der Waals surface area contributed by atoms with E-state index in [9.17, 15) is 9.59 Å². The van der Waals surface area contributed by atoms with Gasteiger partial charge in [0, 0.05) is 18.8 Å². The maximum atomic E-state index is 11.9. The molecule has 0 bridgehead atoms. The highest BCUT2D eigenvalue weighted by molar-refractivity contribution is 6.00. The van der Waals surface area contributed by atoms with E-state index in [0.29, 0.717) is 17.0 Å². The highest BCUT2D eigenvalue weighted by atomic mass is 16.5. The van der Waals surface area contributed by atoms with Gasteiger partial charge in [0.2, 0.25) is 5.91 Å². The molecule has 4 N–H and O–H groups in total. The molecule has 6 heteroatoms. The number of hydrogen-bond donors (Lipinski definition) is 2. The Kier molecular flexibility index (Phi) is 3.92. The number of rotatable bonds is 4. The molecule has 0 unspecified atom stereocenters. The number of ether oxygens (including phenoxy) is 1. The summed E-state index contributed by atoms with van der Waals surface area (Å²) in [5, 5.41) is 0. The zero-order valence-electron chi connectivity index (χ0n) is 9.77. The molecule has 0 saturated carbocycles. The van der Waals surface area contributed by atoms with Crippen LogP contribution in [0.15, 0.2) is 18.2 Å². The molecule has 0 aliphatic carbocycles. The van der Waals surface area contributed by atoms with E-state index in [1.165, 1.54) is 19.1 Å². The minimum atomic E-state index is -0.576. The van der Waals surface area contributed by atoms with Crippen molar-refractivity contribution in [2.24, 2.45) is 5.73 Å². The van der Waals surface area contributed by atoms with Gasteiger partial charge in [-0.15, -0.1) is 0 Å². The molecule has 0 saturated heterocycles. The van der Waals surface area contributed by atoms with Gasteiger partial charge in [0.1, 0.15) is 5.75 Å². The number of amides is 2. The first-order valence-electron chi connectivity index (χ1n) is 4.93. The molecule has 0 fully saturated rings. The predicted octanol–water partition coefficient (Wildman–Crippen LogP) is -0.165. The van der Waals surface area contributed by atoms with Crippen LogP contribution in [0.2, 0.25) is 0 Å². The van der Waals surface area contributed by atoms with Crippen molar-refractivity contribution in [1.82, 2.24) is 4.90 Å². The highest BCUT2D eigenvalue weighted by Crippen LogP contribution is 2.20. The average molecular weight is 237 g/mol. The zero-order chi connectivity index (χ0) is 13.0. The molecule has 17 heavy (non-hydrogen) atoms. The Bertz CT molecular complexity index is 446.